The summed E-state index contributed by atoms with van der Waals surface area (Å²) in [7, 11) is 3.30. The third-order valence-corrected chi connectivity index (χ3v) is 5.23. The molecule has 29 heavy (non-hydrogen) atoms. The van der Waals surface area contributed by atoms with Crippen LogP contribution in [0.2, 0.25) is 0 Å². The van der Waals surface area contributed by atoms with E-state index in [9.17, 15) is 14.0 Å². The fourth-order valence-corrected chi connectivity index (χ4v) is 3.45. The molecule has 0 saturated carbocycles. The van der Waals surface area contributed by atoms with Gasteiger partial charge in [0.25, 0.3) is 5.91 Å². The zero-order chi connectivity index (χ0) is 20.8. The summed E-state index contributed by atoms with van der Waals surface area (Å²) in [5, 5.41) is 0. The Balaban J connectivity index is 1.68. The van der Waals surface area contributed by atoms with Crippen LogP contribution >= 0.6 is 11.3 Å². The van der Waals surface area contributed by atoms with Crippen molar-refractivity contribution in [1.82, 2.24) is 4.90 Å². The molecule has 3 aromatic rings. The highest BCUT2D eigenvalue weighted by Crippen LogP contribution is 2.30. The number of carbonyl (C=O) groups is 2. The van der Waals surface area contributed by atoms with E-state index in [1.807, 2.05) is 12.1 Å². The van der Waals surface area contributed by atoms with Gasteiger partial charge < -0.3 is 9.64 Å². The maximum Gasteiger partial charge on any atom is 0.259 e. The Bertz CT molecular complexity index is 1060. The first-order chi connectivity index (χ1) is 13.9. The number of ether oxygens (including phenoxy) is 1. The minimum absolute atomic E-state index is 0.0888. The quantitative estimate of drug-likeness (QED) is 0.411. The summed E-state index contributed by atoms with van der Waals surface area (Å²) in [6, 6.07) is 17.0. The fraction of sp³-hybridized carbons (Fsp3) is 0.130. The van der Waals surface area contributed by atoms with Crippen molar-refractivity contribution in [3.63, 3.8) is 0 Å². The summed E-state index contributed by atoms with van der Waals surface area (Å²) in [5.41, 5.74) is 1.00. The van der Waals surface area contributed by atoms with Gasteiger partial charge in [0.2, 0.25) is 0 Å². The zero-order valence-electron chi connectivity index (χ0n) is 16.1. The van der Waals surface area contributed by atoms with Crippen LogP contribution < -0.4 is 4.74 Å². The molecule has 0 N–H and O–H groups in total. The highest BCUT2D eigenvalue weighted by atomic mass is 32.1. The Labute approximate surface area is 172 Å². The number of amides is 1. The Kier molecular flexibility index (Phi) is 6.57. The molecule has 6 heteroatoms. The molecule has 0 aliphatic carbocycles. The third kappa shape index (κ3) is 5.39. The second-order valence-electron chi connectivity index (χ2n) is 6.48. The monoisotopic (exact) mass is 409 g/mol. The van der Waals surface area contributed by atoms with Crippen molar-refractivity contribution in [3.8, 4) is 16.2 Å². The molecule has 0 spiro atoms. The fourth-order valence-electron chi connectivity index (χ4n) is 2.52. The number of benzene rings is 2. The highest BCUT2D eigenvalue weighted by molar-refractivity contribution is 7.16. The number of likely N-dealkylation sites (N-methyl/N-ethyl adjacent to an activating group) is 1. The zero-order valence-corrected chi connectivity index (χ0v) is 16.9. The van der Waals surface area contributed by atoms with E-state index >= 15 is 0 Å². The number of rotatable bonds is 7. The molecule has 1 heterocycles. The summed E-state index contributed by atoms with van der Waals surface area (Å²) >= 11 is 1.41. The van der Waals surface area contributed by atoms with Crippen molar-refractivity contribution in [2.24, 2.45) is 0 Å². The predicted octanol–water partition coefficient (Wildman–Crippen LogP) is 4.92. The number of hydrogen-bond donors (Lipinski definition) is 0. The molecule has 0 bridgehead atoms. The Morgan fingerprint density at radius 1 is 1.07 bits per heavy atom. The first-order valence-electron chi connectivity index (χ1n) is 8.94. The van der Waals surface area contributed by atoms with E-state index in [4.69, 9.17) is 4.74 Å². The summed E-state index contributed by atoms with van der Waals surface area (Å²) in [6.45, 7) is -0.0888. The lowest BCUT2D eigenvalue weighted by molar-refractivity contribution is -0.130. The molecule has 0 unspecified atom stereocenters. The minimum Gasteiger partial charge on any atom is -0.484 e. The Hall–Kier alpha value is -3.25. The van der Waals surface area contributed by atoms with Gasteiger partial charge in [-0.1, -0.05) is 30.3 Å². The molecule has 1 amide bonds. The van der Waals surface area contributed by atoms with E-state index in [0.717, 1.165) is 9.75 Å². The standard InChI is InChI=1S/C23H20FNO3S/c1-25(2)23(27)15-28-17-7-5-6-16(14-17)21(26)12-10-18-11-13-22(29-18)19-8-3-4-9-20(19)24/h3-14H,15H2,1-2H3/b12-10+. The van der Waals surface area contributed by atoms with Gasteiger partial charge >= 0.3 is 0 Å². The number of ketones is 1. The van der Waals surface area contributed by atoms with Crippen LogP contribution in [0.25, 0.3) is 16.5 Å². The smallest absolute Gasteiger partial charge is 0.259 e. The van der Waals surface area contributed by atoms with Gasteiger partial charge in [0.1, 0.15) is 11.6 Å². The van der Waals surface area contributed by atoms with Gasteiger partial charge in [-0.15, -0.1) is 11.3 Å². The van der Waals surface area contributed by atoms with E-state index in [1.165, 1.54) is 28.4 Å². The van der Waals surface area contributed by atoms with Crippen LogP contribution in [-0.2, 0) is 4.79 Å². The van der Waals surface area contributed by atoms with E-state index in [2.05, 4.69) is 0 Å². The van der Waals surface area contributed by atoms with Crippen LogP contribution in [0.5, 0.6) is 5.75 Å². The molecule has 3 rings (SSSR count). The molecule has 0 fully saturated rings. The molecule has 0 saturated heterocycles. The number of halogens is 1. The van der Waals surface area contributed by atoms with Crippen LogP contribution in [0.3, 0.4) is 0 Å². The van der Waals surface area contributed by atoms with Crippen molar-refractivity contribution < 1.29 is 18.7 Å². The van der Waals surface area contributed by atoms with Crippen molar-refractivity contribution in [3.05, 3.63) is 83.0 Å². The topological polar surface area (TPSA) is 46.6 Å². The number of nitrogens with zero attached hydrogens (tertiary/aromatic N) is 1. The number of thiophene rings is 1. The van der Waals surface area contributed by atoms with Crippen LogP contribution in [0.1, 0.15) is 15.2 Å². The summed E-state index contributed by atoms with van der Waals surface area (Å²) in [6.07, 6.45) is 3.18. The second-order valence-corrected chi connectivity index (χ2v) is 7.60. The summed E-state index contributed by atoms with van der Waals surface area (Å²) in [4.78, 5) is 27.2. The maximum atomic E-state index is 13.9. The number of allylic oxidation sites excluding steroid dienone is 1. The molecule has 0 radical (unpaired) electrons. The van der Waals surface area contributed by atoms with Gasteiger partial charge in [0.05, 0.1) is 0 Å². The van der Waals surface area contributed by atoms with Crippen LogP contribution in [0, 0.1) is 5.82 Å². The van der Waals surface area contributed by atoms with Gasteiger partial charge in [-0.3, -0.25) is 9.59 Å². The highest BCUT2D eigenvalue weighted by Gasteiger charge is 2.09. The minimum atomic E-state index is -0.273. The van der Waals surface area contributed by atoms with Gasteiger partial charge in [0, 0.05) is 35.0 Å². The molecule has 1 aromatic heterocycles. The van der Waals surface area contributed by atoms with Crippen molar-refractivity contribution >= 4 is 29.1 Å². The molecule has 0 aliphatic heterocycles. The van der Waals surface area contributed by atoms with E-state index in [0.29, 0.717) is 16.9 Å². The van der Waals surface area contributed by atoms with Crippen molar-refractivity contribution in [1.29, 1.82) is 0 Å². The molecule has 0 atom stereocenters. The Morgan fingerprint density at radius 2 is 1.86 bits per heavy atom. The van der Waals surface area contributed by atoms with Gasteiger partial charge in [-0.25, -0.2) is 4.39 Å². The molecule has 0 aliphatic rings. The maximum absolute atomic E-state index is 13.9. The van der Waals surface area contributed by atoms with Gasteiger partial charge in [-0.2, -0.15) is 0 Å². The molecule has 148 valence electrons. The summed E-state index contributed by atoms with van der Waals surface area (Å²) in [5.74, 6) is -0.164. The molecular weight excluding hydrogens is 389 g/mol. The molecule has 2 aromatic carbocycles. The first kappa shape index (κ1) is 20.5. The lowest BCUT2D eigenvalue weighted by Gasteiger charge is -2.11. The molecule has 4 nitrogen and oxygen atoms in total. The second kappa shape index (κ2) is 9.30. The summed E-state index contributed by atoms with van der Waals surface area (Å²) < 4.78 is 19.4. The average Bonchev–Trinajstić information content (AvgIpc) is 3.19. The predicted molar refractivity (Wildman–Crippen MR) is 114 cm³/mol. The van der Waals surface area contributed by atoms with E-state index in [1.54, 1.807) is 62.6 Å². The first-order valence-corrected chi connectivity index (χ1v) is 9.76. The lowest BCUT2D eigenvalue weighted by Crippen LogP contribution is -2.27. The van der Waals surface area contributed by atoms with Crippen LogP contribution in [0.4, 0.5) is 4.39 Å². The number of carbonyl (C=O) groups excluding carboxylic acids is 2. The van der Waals surface area contributed by atoms with Gasteiger partial charge in [-0.05, 0) is 42.5 Å². The number of hydrogen-bond acceptors (Lipinski definition) is 4. The van der Waals surface area contributed by atoms with Crippen molar-refractivity contribution in [2.75, 3.05) is 20.7 Å². The molecular formula is C23H20FNO3S. The van der Waals surface area contributed by atoms with Crippen molar-refractivity contribution in [2.45, 2.75) is 0 Å². The lowest BCUT2D eigenvalue weighted by atomic mass is 10.1. The SMILES string of the molecule is CN(C)C(=O)COc1cccc(C(=O)/C=C/c2ccc(-c3ccccc3F)s2)c1. The van der Waals surface area contributed by atoms with Crippen LogP contribution in [-0.4, -0.2) is 37.3 Å². The van der Waals surface area contributed by atoms with Crippen LogP contribution in [0.15, 0.2) is 66.7 Å². The largest absolute Gasteiger partial charge is 0.484 e. The normalized spacial score (nSPS) is 10.9. The van der Waals surface area contributed by atoms with E-state index in [-0.39, 0.29) is 24.1 Å². The Morgan fingerprint density at radius 3 is 2.62 bits per heavy atom. The average molecular weight is 409 g/mol. The van der Waals surface area contributed by atoms with E-state index < -0.39 is 0 Å². The third-order valence-electron chi connectivity index (χ3n) is 4.14. The van der Waals surface area contributed by atoms with Gasteiger partial charge in [0.15, 0.2) is 12.4 Å².